The Balaban J connectivity index is 1.94. The maximum absolute atomic E-state index is 9.42. The lowest BCUT2D eigenvalue weighted by Gasteiger charge is -2.17. The second kappa shape index (κ2) is 6.46. The fraction of sp³-hybridized carbons (Fsp3) is 0. The van der Waals surface area contributed by atoms with Gasteiger partial charge in [-0.25, -0.2) is 0 Å². The maximum Gasteiger partial charge on any atom is 0.504 e. The Morgan fingerprint density at radius 2 is 1.15 bits per heavy atom. The predicted octanol–water partition coefficient (Wildman–Crippen LogP) is 5.45. The van der Waals surface area contributed by atoms with Crippen LogP contribution >= 0.6 is 0 Å². The van der Waals surface area contributed by atoms with Gasteiger partial charge in [0.05, 0.1) is 0 Å². The number of hydrogen-bond acceptors (Lipinski definition) is 2. The minimum absolute atomic E-state index is 0.344. The Morgan fingerprint density at radius 1 is 0.593 bits per heavy atom. The summed E-state index contributed by atoms with van der Waals surface area (Å²) in [4.78, 5) is 0. The smallest absolute Gasteiger partial charge is 0.504 e. The largest absolute Gasteiger partial charge is 0.538 e. The van der Waals surface area contributed by atoms with E-state index in [2.05, 4.69) is 66.7 Å². The molecule has 0 aliphatic heterocycles. The second-order valence-electron chi connectivity index (χ2n) is 6.63. The summed E-state index contributed by atoms with van der Waals surface area (Å²) in [6, 6.07) is 31.5. The molecule has 0 bridgehead atoms. The summed E-state index contributed by atoms with van der Waals surface area (Å²) in [5.41, 5.74) is 2.37. The molecular weight excluding hydrogens is 331 g/mol. The standard InChI is InChI=1S/C24H17BO2/c26-25-27-24-21-11-5-3-9-19(21)23(20-10-4-6-12-22(20)24)18-14-13-16-7-1-2-8-17(16)15-18/h1-15,25-26H. The van der Waals surface area contributed by atoms with Gasteiger partial charge in [0.2, 0.25) is 0 Å². The van der Waals surface area contributed by atoms with Crippen molar-refractivity contribution < 1.29 is 9.68 Å². The van der Waals surface area contributed by atoms with Gasteiger partial charge in [-0.2, -0.15) is 0 Å². The van der Waals surface area contributed by atoms with E-state index in [9.17, 15) is 5.02 Å². The van der Waals surface area contributed by atoms with E-state index in [1.165, 1.54) is 21.9 Å². The third kappa shape index (κ3) is 2.56. The molecule has 2 nitrogen and oxygen atoms in total. The summed E-state index contributed by atoms with van der Waals surface area (Å²) in [5.74, 6) is 0.730. The summed E-state index contributed by atoms with van der Waals surface area (Å²) < 4.78 is 5.65. The fourth-order valence-corrected chi connectivity index (χ4v) is 3.96. The molecule has 0 atom stereocenters. The Bertz CT molecular complexity index is 1240. The van der Waals surface area contributed by atoms with E-state index in [1.807, 2.05) is 24.3 Å². The van der Waals surface area contributed by atoms with Crippen molar-refractivity contribution in [1.82, 2.24) is 0 Å². The minimum atomic E-state index is -0.344. The van der Waals surface area contributed by atoms with E-state index in [0.717, 1.165) is 27.3 Å². The molecule has 0 spiro atoms. The third-order valence-corrected chi connectivity index (χ3v) is 5.13. The number of fused-ring (bicyclic) bond motifs is 3. The molecule has 0 aliphatic carbocycles. The van der Waals surface area contributed by atoms with Gasteiger partial charge < -0.3 is 9.68 Å². The van der Waals surface area contributed by atoms with Crippen LogP contribution in [0, 0.1) is 0 Å². The molecule has 1 N–H and O–H groups in total. The van der Waals surface area contributed by atoms with E-state index in [1.54, 1.807) is 0 Å². The third-order valence-electron chi connectivity index (χ3n) is 5.13. The molecule has 5 rings (SSSR count). The van der Waals surface area contributed by atoms with Crippen molar-refractivity contribution in [2.75, 3.05) is 0 Å². The lowest BCUT2D eigenvalue weighted by molar-refractivity contribution is 0.459. The zero-order valence-electron chi connectivity index (χ0n) is 14.7. The van der Waals surface area contributed by atoms with E-state index < -0.39 is 0 Å². The van der Waals surface area contributed by atoms with Crippen LogP contribution in [-0.2, 0) is 0 Å². The molecule has 0 saturated carbocycles. The van der Waals surface area contributed by atoms with Crippen molar-refractivity contribution in [3.63, 3.8) is 0 Å². The highest BCUT2D eigenvalue weighted by atomic mass is 16.5. The van der Waals surface area contributed by atoms with Crippen LogP contribution in [0.25, 0.3) is 43.4 Å². The zero-order chi connectivity index (χ0) is 18.2. The molecular formula is C24H17BO2. The van der Waals surface area contributed by atoms with E-state index in [4.69, 9.17) is 4.65 Å². The quantitative estimate of drug-likeness (QED) is 0.347. The Hall–Kier alpha value is -3.30. The minimum Gasteiger partial charge on any atom is -0.538 e. The molecule has 128 valence electrons. The number of benzene rings is 5. The summed E-state index contributed by atoms with van der Waals surface area (Å²) in [6.07, 6.45) is 0. The van der Waals surface area contributed by atoms with Crippen molar-refractivity contribution in [2.45, 2.75) is 0 Å². The van der Waals surface area contributed by atoms with Crippen LogP contribution in [0.3, 0.4) is 0 Å². The molecule has 0 heterocycles. The van der Waals surface area contributed by atoms with Crippen LogP contribution in [0.15, 0.2) is 91.0 Å². The second-order valence-corrected chi connectivity index (χ2v) is 6.63. The topological polar surface area (TPSA) is 29.5 Å². The molecule has 3 heteroatoms. The average molecular weight is 348 g/mol. The molecule has 0 unspecified atom stereocenters. The van der Waals surface area contributed by atoms with Crippen LogP contribution in [0.4, 0.5) is 0 Å². The Kier molecular flexibility index (Phi) is 3.81. The van der Waals surface area contributed by atoms with Crippen LogP contribution in [0.2, 0.25) is 0 Å². The van der Waals surface area contributed by atoms with Gasteiger partial charge in [0, 0.05) is 10.8 Å². The number of hydrogen-bond donors (Lipinski definition) is 1. The highest BCUT2D eigenvalue weighted by Crippen LogP contribution is 2.43. The van der Waals surface area contributed by atoms with Crippen LogP contribution in [0.1, 0.15) is 0 Å². The molecule has 5 aromatic carbocycles. The fourth-order valence-electron chi connectivity index (χ4n) is 3.96. The lowest BCUT2D eigenvalue weighted by Crippen LogP contribution is -2.02. The summed E-state index contributed by atoms with van der Waals surface area (Å²) in [6.45, 7) is 0. The van der Waals surface area contributed by atoms with Gasteiger partial charge in [0.25, 0.3) is 0 Å². The van der Waals surface area contributed by atoms with Crippen LogP contribution in [-0.4, -0.2) is 12.7 Å². The molecule has 5 aromatic rings. The van der Waals surface area contributed by atoms with E-state index in [0.29, 0.717) is 0 Å². The van der Waals surface area contributed by atoms with Crippen LogP contribution < -0.4 is 4.65 Å². The molecule has 0 fully saturated rings. The molecule has 27 heavy (non-hydrogen) atoms. The van der Waals surface area contributed by atoms with Gasteiger partial charge >= 0.3 is 7.69 Å². The zero-order valence-corrected chi connectivity index (χ0v) is 14.7. The molecule has 0 aliphatic rings. The van der Waals surface area contributed by atoms with Gasteiger partial charge in [0.15, 0.2) is 0 Å². The highest BCUT2D eigenvalue weighted by molar-refractivity contribution is 6.22. The molecule has 0 radical (unpaired) electrons. The average Bonchev–Trinajstić information content (AvgIpc) is 2.73. The van der Waals surface area contributed by atoms with Crippen molar-refractivity contribution in [3.05, 3.63) is 91.0 Å². The SMILES string of the molecule is OBOc1c2ccccc2c(-c2ccc3ccccc3c2)c2ccccc12. The first kappa shape index (κ1) is 15.9. The molecule has 0 amide bonds. The highest BCUT2D eigenvalue weighted by Gasteiger charge is 2.16. The maximum atomic E-state index is 9.42. The first-order valence-electron chi connectivity index (χ1n) is 9.03. The van der Waals surface area contributed by atoms with E-state index in [-0.39, 0.29) is 7.69 Å². The summed E-state index contributed by atoms with van der Waals surface area (Å²) in [5, 5.41) is 16.1. The summed E-state index contributed by atoms with van der Waals surface area (Å²) >= 11 is 0. The predicted molar refractivity (Wildman–Crippen MR) is 114 cm³/mol. The van der Waals surface area contributed by atoms with Crippen molar-refractivity contribution in [2.24, 2.45) is 0 Å². The Labute approximate surface area is 157 Å². The van der Waals surface area contributed by atoms with Gasteiger partial charge in [0.1, 0.15) is 5.75 Å². The first-order chi connectivity index (χ1) is 13.4. The molecule has 0 aromatic heterocycles. The molecule has 0 saturated heterocycles. The van der Waals surface area contributed by atoms with Crippen molar-refractivity contribution in [1.29, 1.82) is 0 Å². The van der Waals surface area contributed by atoms with Crippen LogP contribution in [0.5, 0.6) is 5.75 Å². The summed E-state index contributed by atoms with van der Waals surface area (Å²) in [7, 11) is -0.344. The lowest BCUT2D eigenvalue weighted by atomic mass is 9.90. The van der Waals surface area contributed by atoms with Gasteiger partial charge in [-0.05, 0) is 38.7 Å². The monoisotopic (exact) mass is 348 g/mol. The number of rotatable bonds is 3. The van der Waals surface area contributed by atoms with Crippen molar-refractivity contribution in [3.8, 4) is 16.9 Å². The Morgan fingerprint density at radius 3 is 1.78 bits per heavy atom. The first-order valence-corrected chi connectivity index (χ1v) is 9.03. The van der Waals surface area contributed by atoms with Gasteiger partial charge in [-0.3, -0.25) is 0 Å². The van der Waals surface area contributed by atoms with E-state index >= 15 is 0 Å². The normalized spacial score (nSPS) is 11.1. The van der Waals surface area contributed by atoms with Gasteiger partial charge in [-0.15, -0.1) is 0 Å². The van der Waals surface area contributed by atoms with Gasteiger partial charge in [-0.1, -0.05) is 84.9 Å². The van der Waals surface area contributed by atoms with Crippen molar-refractivity contribution >= 4 is 40.0 Å².